The molecule has 0 radical (unpaired) electrons. The van der Waals surface area contributed by atoms with Gasteiger partial charge in [0.25, 0.3) is 0 Å². The molecule has 2 rings (SSSR count). The zero-order chi connectivity index (χ0) is 9.26. The van der Waals surface area contributed by atoms with E-state index < -0.39 is 0 Å². The van der Waals surface area contributed by atoms with Crippen molar-refractivity contribution < 1.29 is 4.79 Å². The molecule has 0 saturated heterocycles. The highest BCUT2D eigenvalue weighted by Gasteiger charge is 2.23. The van der Waals surface area contributed by atoms with E-state index in [1.807, 2.05) is 0 Å². The van der Waals surface area contributed by atoms with Crippen LogP contribution in [0.3, 0.4) is 0 Å². The Bertz CT molecular complexity index is 338. The first-order valence-electron chi connectivity index (χ1n) is 4.03. The number of carbonyl (C=O) groups excluding carboxylic acids is 1. The Hall–Kier alpha value is -1.16. The monoisotopic (exact) mass is 197 g/mol. The summed E-state index contributed by atoms with van der Waals surface area (Å²) in [6.45, 7) is 0. The molecule has 0 amide bonds. The normalized spacial score (nSPS) is 15.5. The third kappa shape index (κ3) is 1.78. The van der Waals surface area contributed by atoms with Gasteiger partial charge in [0.15, 0.2) is 6.29 Å². The van der Waals surface area contributed by atoms with Crippen LogP contribution < -0.4 is 5.32 Å². The Morgan fingerprint density at radius 1 is 1.54 bits per heavy atom. The lowest BCUT2D eigenvalue weighted by atomic mass is 10.3. The average Bonchev–Trinajstić information content (AvgIpc) is 2.89. The Balaban J connectivity index is 2.30. The van der Waals surface area contributed by atoms with E-state index in [0.29, 0.717) is 23.7 Å². The first kappa shape index (κ1) is 8.44. The van der Waals surface area contributed by atoms with Crippen LogP contribution in [0.1, 0.15) is 23.2 Å². The Labute approximate surface area is 80.3 Å². The van der Waals surface area contributed by atoms with Crippen molar-refractivity contribution in [2.24, 2.45) is 0 Å². The zero-order valence-corrected chi connectivity index (χ0v) is 7.58. The number of hydrogen-bond acceptors (Lipinski definition) is 4. The van der Waals surface area contributed by atoms with E-state index in [4.69, 9.17) is 11.6 Å². The zero-order valence-electron chi connectivity index (χ0n) is 6.83. The van der Waals surface area contributed by atoms with E-state index in [0.717, 1.165) is 12.8 Å². The van der Waals surface area contributed by atoms with Crippen LogP contribution >= 0.6 is 11.6 Å². The average molecular weight is 198 g/mol. The summed E-state index contributed by atoms with van der Waals surface area (Å²) in [4.78, 5) is 18.3. The summed E-state index contributed by atoms with van der Waals surface area (Å²) in [6.07, 6.45) is 4.27. The molecular formula is C8H8ClN3O. The molecule has 4 nitrogen and oxygen atoms in total. The van der Waals surface area contributed by atoms with E-state index in [1.54, 1.807) is 0 Å². The maximum absolute atomic E-state index is 10.6. The van der Waals surface area contributed by atoms with Gasteiger partial charge < -0.3 is 5.32 Å². The molecule has 13 heavy (non-hydrogen) atoms. The van der Waals surface area contributed by atoms with Gasteiger partial charge in [0.05, 0.1) is 5.56 Å². The molecule has 0 bridgehead atoms. The number of nitrogens with zero attached hydrogens (tertiary/aromatic N) is 2. The fourth-order valence-electron chi connectivity index (χ4n) is 1.01. The molecule has 1 saturated carbocycles. The van der Waals surface area contributed by atoms with Gasteiger partial charge in [-0.2, -0.15) is 0 Å². The lowest BCUT2D eigenvalue weighted by Gasteiger charge is -2.05. The number of carbonyl (C=O) groups is 1. The van der Waals surface area contributed by atoms with Crippen LogP contribution in [0.5, 0.6) is 0 Å². The number of aromatic nitrogens is 2. The van der Waals surface area contributed by atoms with Crippen LogP contribution in [0.4, 0.5) is 5.82 Å². The molecule has 0 aromatic carbocycles. The number of hydrogen-bond donors (Lipinski definition) is 1. The molecule has 0 unspecified atom stereocenters. The van der Waals surface area contributed by atoms with Crippen molar-refractivity contribution in [1.29, 1.82) is 0 Å². The molecule has 1 heterocycles. The predicted molar refractivity (Wildman–Crippen MR) is 49.1 cm³/mol. The van der Waals surface area contributed by atoms with Crippen LogP contribution in [0.2, 0.25) is 5.15 Å². The molecule has 0 aliphatic heterocycles. The van der Waals surface area contributed by atoms with E-state index in [-0.39, 0.29) is 5.15 Å². The summed E-state index contributed by atoms with van der Waals surface area (Å²) in [5.74, 6) is 0.539. The highest BCUT2D eigenvalue weighted by atomic mass is 35.5. The van der Waals surface area contributed by atoms with E-state index >= 15 is 0 Å². The summed E-state index contributed by atoms with van der Waals surface area (Å²) < 4.78 is 0. The largest absolute Gasteiger partial charge is 0.367 e. The number of halogens is 1. The van der Waals surface area contributed by atoms with Crippen LogP contribution in [0.25, 0.3) is 0 Å². The van der Waals surface area contributed by atoms with Gasteiger partial charge in [-0.25, -0.2) is 9.97 Å². The molecule has 1 aliphatic carbocycles. The predicted octanol–water partition coefficient (Wildman–Crippen LogP) is 1.52. The standard InChI is InChI=1S/C8H8ClN3O/c9-7-6(3-13)8(11-4-10-7)12-5-1-2-5/h3-5H,1-2H2,(H,10,11,12). The summed E-state index contributed by atoms with van der Waals surface area (Å²) >= 11 is 5.71. The minimum Gasteiger partial charge on any atom is -0.367 e. The SMILES string of the molecule is O=Cc1c(Cl)ncnc1NC1CC1. The molecule has 1 aliphatic rings. The topological polar surface area (TPSA) is 54.9 Å². The fourth-order valence-corrected chi connectivity index (χ4v) is 1.19. The quantitative estimate of drug-likeness (QED) is 0.590. The second kappa shape index (κ2) is 3.30. The number of rotatable bonds is 3. The Morgan fingerprint density at radius 2 is 2.31 bits per heavy atom. The van der Waals surface area contributed by atoms with Crippen LogP contribution in [-0.2, 0) is 0 Å². The van der Waals surface area contributed by atoms with Gasteiger partial charge in [-0.3, -0.25) is 4.79 Å². The summed E-state index contributed by atoms with van der Waals surface area (Å²) in [6, 6.07) is 0.449. The number of nitrogens with one attached hydrogen (secondary N) is 1. The van der Waals surface area contributed by atoms with Gasteiger partial charge in [-0.15, -0.1) is 0 Å². The summed E-state index contributed by atoms with van der Waals surface area (Å²) in [5.41, 5.74) is 0.344. The molecule has 5 heteroatoms. The van der Waals surface area contributed by atoms with E-state index in [2.05, 4.69) is 15.3 Å². The van der Waals surface area contributed by atoms with Crippen molar-refractivity contribution in [3.8, 4) is 0 Å². The van der Waals surface area contributed by atoms with Gasteiger partial charge in [0.2, 0.25) is 0 Å². The maximum atomic E-state index is 10.6. The first-order chi connectivity index (χ1) is 6.31. The van der Waals surface area contributed by atoms with E-state index in [9.17, 15) is 4.79 Å². The van der Waals surface area contributed by atoms with Crippen molar-refractivity contribution in [1.82, 2.24) is 9.97 Å². The first-order valence-corrected chi connectivity index (χ1v) is 4.41. The lowest BCUT2D eigenvalue weighted by Crippen LogP contribution is -2.07. The molecule has 0 atom stereocenters. The van der Waals surface area contributed by atoms with Crippen molar-refractivity contribution >= 4 is 23.7 Å². The van der Waals surface area contributed by atoms with Crippen molar-refractivity contribution in [3.05, 3.63) is 17.0 Å². The van der Waals surface area contributed by atoms with Crippen LogP contribution in [0.15, 0.2) is 6.33 Å². The summed E-state index contributed by atoms with van der Waals surface area (Å²) in [5, 5.41) is 3.31. The molecule has 1 aromatic heterocycles. The van der Waals surface area contributed by atoms with Crippen LogP contribution in [0, 0.1) is 0 Å². The number of aldehydes is 1. The van der Waals surface area contributed by atoms with E-state index in [1.165, 1.54) is 6.33 Å². The number of anilines is 1. The maximum Gasteiger partial charge on any atom is 0.156 e. The molecule has 68 valence electrons. The molecule has 0 spiro atoms. The van der Waals surface area contributed by atoms with Gasteiger partial charge in [0, 0.05) is 6.04 Å². The highest BCUT2D eigenvalue weighted by Crippen LogP contribution is 2.26. The third-order valence-electron chi connectivity index (χ3n) is 1.87. The van der Waals surface area contributed by atoms with Gasteiger partial charge in [0.1, 0.15) is 17.3 Å². The second-order valence-corrected chi connectivity index (χ2v) is 3.32. The minimum absolute atomic E-state index is 0.202. The van der Waals surface area contributed by atoms with Crippen molar-refractivity contribution in [3.63, 3.8) is 0 Å². The Morgan fingerprint density at radius 3 is 2.92 bits per heavy atom. The molecule has 1 fully saturated rings. The fraction of sp³-hybridized carbons (Fsp3) is 0.375. The molecular weight excluding hydrogens is 190 g/mol. The van der Waals surface area contributed by atoms with Gasteiger partial charge in [-0.1, -0.05) is 11.6 Å². The van der Waals surface area contributed by atoms with Crippen LogP contribution in [-0.4, -0.2) is 22.3 Å². The minimum atomic E-state index is 0.202. The molecule has 1 aromatic rings. The smallest absolute Gasteiger partial charge is 0.156 e. The van der Waals surface area contributed by atoms with Crippen molar-refractivity contribution in [2.45, 2.75) is 18.9 Å². The summed E-state index contributed by atoms with van der Waals surface area (Å²) in [7, 11) is 0. The lowest BCUT2D eigenvalue weighted by molar-refractivity contribution is 0.112. The third-order valence-corrected chi connectivity index (χ3v) is 2.17. The van der Waals surface area contributed by atoms with Gasteiger partial charge in [-0.05, 0) is 12.8 Å². The highest BCUT2D eigenvalue weighted by molar-refractivity contribution is 6.32. The second-order valence-electron chi connectivity index (χ2n) is 2.96. The van der Waals surface area contributed by atoms with Gasteiger partial charge >= 0.3 is 0 Å². The molecule has 1 N–H and O–H groups in total. The van der Waals surface area contributed by atoms with Crippen molar-refractivity contribution in [2.75, 3.05) is 5.32 Å². The Kier molecular flexibility index (Phi) is 2.14.